The summed E-state index contributed by atoms with van der Waals surface area (Å²) in [6, 6.07) is 4.55. The minimum absolute atomic E-state index is 0.138. The van der Waals surface area contributed by atoms with Crippen LogP contribution in [0.25, 0.3) is 0 Å². The zero-order chi connectivity index (χ0) is 16.3. The molecule has 1 atom stereocenters. The lowest BCUT2D eigenvalue weighted by atomic mass is 10.2. The van der Waals surface area contributed by atoms with E-state index in [1.54, 1.807) is 6.07 Å². The number of aromatic amines is 1. The van der Waals surface area contributed by atoms with Gasteiger partial charge in [-0.15, -0.1) is 0 Å². The Hall–Kier alpha value is -2.77. The van der Waals surface area contributed by atoms with Gasteiger partial charge in [-0.25, -0.2) is 18.0 Å². The Kier molecular flexibility index (Phi) is 4.50. The van der Waals surface area contributed by atoms with E-state index < -0.39 is 41.1 Å². The standard InChI is InChI=1S/C14H11F3N2O3/c1-7(22-14(21)10-3-2-6-18-10)13(20)19-9-5-4-8(15)11(16)12(9)17/h2-7,18H,1H3,(H,19,20)/t7-/m0/s1. The molecule has 1 heterocycles. The number of hydrogen-bond acceptors (Lipinski definition) is 3. The van der Waals surface area contributed by atoms with Crippen LogP contribution < -0.4 is 5.32 Å². The molecule has 1 aromatic heterocycles. The molecule has 0 fully saturated rings. The van der Waals surface area contributed by atoms with Crippen molar-refractivity contribution in [2.75, 3.05) is 5.32 Å². The van der Waals surface area contributed by atoms with Gasteiger partial charge in [-0.2, -0.15) is 0 Å². The molecule has 0 saturated heterocycles. The molecule has 0 bridgehead atoms. The van der Waals surface area contributed by atoms with Crippen LogP contribution in [0.5, 0.6) is 0 Å². The van der Waals surface area contributed by atoms with Crippen molar-refractivity contribution in [3.8, 4) is 0 Å². The number of carbonyl (C=O) groups excluding carboxylic acids is 2. The number of amides is 1. The lowest BCUT2D eigenvalue weighted by Gasteiger charge is -2.13. The van der Waals surface area contributed by atoms with Crippen LogP contribution in [0.4, 0.5) is 18.9 Å². The molecule has 0 radical (unpaired) electrons. The summed E-state index contributed by atoms with van der Waals surface area (Å²) in [5.41, 5.74) is -0.412. The topological polar surface area (TPSA) is 71.2 Å². The minimum Gasteiger partial charge on any atom is -0.448 e. The van der Waals surface area contributed by atoms with Gasteiger partial charge in [0, 0.05) is 6.20 Å². The Labute approximate surface area is 123 Å². The first kappa shape index (κ1) is 15.6. The molecule has 0 aliphatic heterocycles. The third kappa shape index (κ3) is 3.27. The molecule has 116 valence electrons. The van der Waals surface area contributed by atoms with Crippen molar-refractivity contribution in [3.05, 3.63) is 53.6 Å². The fourth-order valence-electron chi connectivity index (χ4n) is 1.59. The second-order valence-electron chi connectivity index (χ2n) is 4.34. The van der Waals surface area contributed by atoms with Crippen molar-refractivity contribution in [2.24, 2.45) is 0 Å². The van der Waals surface area contributed by atoms with E-state index in [0.29, 0.717) is 6.07 Å². The summed E-state index contributed by atoms with van der Waals surface area (Å²) < 4.78 is 44.1. The zero-order valence-electron chi connectivity index (χ0n) is 11.3. The van der Waals surface area contributed by atoms with Crippen LogP contribution in [-0.2, 0) is 9.53 Å². The lowest BCUT2D eigenvalue weighted by molar-refractivity contribution is -0.123. The van der Waals surface area contributed by atoms with Crippen LogP contribution in [0.15, 0.2) is 30.5 Å². The Morgan fingerprint density at radius 2 is 1.91 bits per heavy atom. The molecule has 1 amide bonds. The largest absolute Gasteiger partial charge is 0.448 e. The van der Waals surface area contributed by atoms with Gasteiger partial charge < -0.3 is 15.0 Å². The smallest absolute Gasteiger partial charge is 0.355 e. The quantitative estimate of drug-likeness (QED) is 0.673. The molecular weight excluding hydrogens is 301 g/mol. The maximum absolute atomic E-state index is 13.4. The second-order valence-corrected chi connectivity index (χ2v) is 4.34. The Morgan fingerprint density at radius 3 is 2.55 bits per heavy atom. The van der Waals surface area contributed by atoms with Crippen LogP contribution in [0, 0.1) is 17.5 Å². The van der Waals surface area contributed by atoms with Gasteiger partial charge in [0.05, 0.1) is 5.69 Å². The van der Waals surface area contributed by atoms with E-state index in [2.05, 4.69) is 4.98 Å². The zero-order valence-corrected chi connectivity index (χ0v) is 11.3. The minimum atomic E-state index is -1.70. The van der Waals surface area contributed by atoms with Gasteiger partial charge in [0.25, 0.3) is 5.91 Å². The van der Waals surface area contributed by atoms with E-state index in [4.69, 9.17) is 4.74 Å². The summed E-state index contributed by atoms with van der Waals surface area (Å²) in [7, 11) is 0. The number of rotatable bonds is 4. The summed E-state index contributed by atoms with van der Waals surface area (Å²) in [6.45, 7) is 1.26. The summed E-state index contributed by atoms with van der Waals surface area (Å²) in [6.07, 6.45) is 0.237. The van der Waals surface area contributed by atoms with E-state index in [1.807, 2.05) is 5.32 Å². The second kappa shape index (κ2) is 6.33. The van der Waals surface area contributed by atoms with Gasteiger partial charge in [-0.05, 0) is 31.2 Å². The van der Waals surface area contributed by atoms with Gasteiger partial charge >= 0.3 is 5.97 Å². The monoisotopic (exact) mass is 312 g/mol. The van der Waals surface area contributed by atoms with E-state index in [-0.39, 0.29) is 5.69 Å². The van der Waals surface area contributed by atoms with Crippen LogP contribution in [0.3, 0.4) is 0 Å². The average Bonchev–Trinajstić information content (AvgIpc) is 3.02. The Bertz CT molecular complexity index is 702. The Morgan fingerprint density at radius 1 is 1.18 bits per heavy atom. The Balaban J connectivity index is 2.03. The molecule has 0 unspecified atom stereocenters. The first-order valence-electron chi connectivity index (χ1n) is 6.19. The van der Waals surface area contributed by atoms with Crippen LogP contribution in [-0.4, -0.2) is 23.0 Å². The van der Waals surface area contributed by atoms with Crippen molar-refractivity contribution >= 4 is 17.6 Å². The highest BCUT2D eigenvalue weighted by Gasteiger charge is 2.22. The van der Waals surface area contributed by atoms with E-state index in [0.717, 1.165) is 6.07 Å². The van der Waals surface area contributed by atoms with Gasteiger partial charge in [0.15, 0.2) is 23.6 Å². The highest BCUT2D eigenvalue weighted by molar-refractivity contribution is 5.96. The number of ether oxygens (including phenoxy) is 1. The molecule has 8 heteroatoms. The maximum Gasteiger partial charge on any atom is 0.355 e. The molecule has 2 N–H and O–H groups in total. The van der Waals surface area contributed by atoms with Crippen LogP contribution in [0.2, 0.25) is 0 Å². The average molecular weight is 312 g/mol. The van der Waals surface area contributed by atoms with Gasteiger partial charge in [0.1, 0.15) is 5.69 Å². The third-order valence-corrected chi connectivity index (χ3v) is 2.76. The van der Waals surface area contributed by atoms with Crippen molar-refractivity contribution in [2.45, 2.75) is 13.0 Å². The number of anilines is 1. The van der Waals surface area contributed by atoms with Crippen LogP contribution in [0.1, 0.15) is 17.4 Å². The number of H-pyrrole nitrogens is 1. The fraction of sp³-hybridized carbons (Fsp3) is 0.143. The molecule has 0 spiro atoms. The van der Waals surface area contributed by atoms with Gasteiger partial charge in [-0.3, -0.25) is 4.79 Å². The van der Waals surface area contributed by atoms with Crippen molar-refractivity contribution < 1.29 is 27.5 Å². The first-order chi connectivity index (χ1) is 10.4. The fourth-order valence-corrected chi connectivity index (χ4v) is 1.59. The van der Waals surface area contributed by atoms with E-state index >= 15 is 0 Å². The lowest BCUT2D eigenvalue weighted by Crippen LogP contribution is -2.30. The molecule has 22 heavy (non-hydrogen) atoms. The summed E-state index contributed by atoms with van der Waals surface area (Å²) >= 11 is 0. The highest BCUT2D eigenvalue weighted by atomic mass is 19.2. The number of hydrogen-bond donors (Lipinski definition) is 2. The SMILES string of the molecule is C[C@H](OC(=O)c1ccc[nH]1)C(=O)Nc1ccc(F)c(F)c1F. The third-order valence-electron chi connectivity index (χ3n) is 2.76. The number of esters is 1. The van der Waals surface area contributed by atoms with Crippen LogP contribution >= 0.6 is 0 Å². The molecular formula is C14H11F3N2O3. The summed E-state index contributed by atoms with van der Waals surface area (Å²) in [4.78, 5) is 26.0. The normalized spacial score (nSPS) is 11.8. The number of nitrogens with one attached hydrogen (secondary N) is 2. The van der Waals surface area contributed by atoms with Gasteiger partial charge in [0.2, 0.25) is 0 Å². The van der Waals surface area contributed by atoms with E-state index in [9.17, 15) is 22.8 Å². The molecule has 2 rings (SSSR count). The first-order valence-corrected chi connectivity index (χ1v) is 6.19. The molecule has 0 aliphatic rings. The van der Waals surface area contributed by atoms with Crippen molar-refractivity contribution in [3.63, 3.8) is 0 Å². The molecule has 0 aliphatic carbocycles. The maximum atomic E-state index is 13.4. The van der Waals surface area contributed by atoms with Crippen molar-refractivity contribution in [1.82, 2.24) is 4.98 Å². The number of carbonyl (C=O) groups is 2. The number of benzene rings is 1. The molecule has 2 aromatic rings. The molecule has 5 nitrogen and oxygen atoms in total. The number of aromatic nitrogens is 1. The van der Waals surface area contributed by atoms with E-state index in [1.165, 1.54) is 19.2 Å². The summed E-state index contributed by atoms with van der Waals surface area (Å²) in [5, 5.41) is 2.02. The van der Waals surface area contributed by atoms with Crippen molar-refractivity contribution in [1.29, 1.82) is 0 Å². The predicted octanol–water partition coefficient (Wildman–Crippen LogP) is 2.62. The van der Waals surface area contributed by atoms with Gasteiger partial charge in [-0.1, -0.05) is 0 Å². The highest BCUT2D eigenvalue weighted by Crippen LogP contribution is 2.20. The number of halogens is 3. The molecule has 0 saturated carbocycles. The molecule has 1 aromatic carbocycles. The summed E-state index contributed by atoms with van der Waals surface area (Å²) in [5.74, 6) is -6.27. The predicted molar refractivity (Wildman–Crippen MR) is 70.6 cm³/mol.